The summed E-state index contributed by atoms with van der Waals surface area (Å²) in [7, 11) is 0. The normalized spacial score (nSPS) is 10.7. The minimum Gasteiger partial charge on any atom is -0.494 e. The lowest BCUT2D eigenvalue weighted by molar-refractivity contribution is -0.113. The van der Waals surface area contributed by atoms with E-state index in [4.69, 9.17) is 4.74 Å². The molecule has 0 unspecified atom stereocenters. The molecule has 0 aliphatic heterocycles. The topological polar surface area (TPSA) is 114 Å². The zero-order chi connectivity index (χ0) is 16.9. The molecule has 9 nitrogen and oxygen atoms in total. The summed E-state index contributed by atoms with van der Waals surface area (Å²) < 4.78 is 6.72. The number of rotatable bonds is 6. The van der Waals surface area contributed by atoms with Gasteiger partial charge in [0.2, 0.25) is 11.1 Å². The van der Waals surface area contributed by atoms with Gasteiger partial charge in [0.05, 0.1) is 12.4 Å². The van der Waals surface area contributed by atoms with Gasteiger partial charge in [-0.25, -0.2) is 0 Å². The second-order valence-corrected chi connectivity index (χ2v) is 5.59. The maximum atomic E-state index is 12.0. The fourth-order valence-corrected chi connectivity index (χ4v) is 2.61. The number of aromatic nitrogens is 5. The van der Waals surface area contributed by atoms with Gasteiger partial charge in [-0.15, -0.1) is 10.2 Å². The Balaban J connectivity index is 1.59. The molecule has 0 bridgehead atoms. The van der Waals surface area contributed by atoms with E-state index in [9.17, 15) is 9.59 Å². The van der Waals surface area contributed by atoms with Crippen LogP contribution in [-0.4, -0.2) is 43.1 Å². The fraction of sp³-hybridized carbons (Fsp3) is 0.214. The summed E-state index contributed by atoms with van der Waals surface area (Å²) in [6.07, 6.45) is 1.13. The van der Waals surface area contributed by atoms with Crippen molar-refractivity contribution in [1.82, 2.24) is 24.8 Å². The zero-order valence-corrected chi connectivity index (χ0v) is 13.5. The van der Waals surface area contributed by atoms with Crippen LogP contribution in [0.1, 0.15) is 6.92 Å². The van der Waals surface area contributed by atoms with E-state index in [2.05, 4.69) is 25.6 Å². The minimum atomic E-state index is -0.361. The average molecular weight is 346 g/mol. The second kappa shape index (κ2) is 7.13. The Labute approximate surface area is 140 Å². The number of hydrogen-bond acceptors (Lipinski definition) is 7. The Kier molecular flexibility index (Phi) is 4.75. The van der Waals surface area contributed by atoms with Gasteiger partial charge in [-0.2, -0.15) is 9.61 Å². The van der Waals surface area contributed by atoms with Crippen molar-refractivity contribution >= 4 is 29.1 Å². The molecule has 24 heavy (non-hydrogen) atoms. The van der Waals surface area contributed by atoms with Gasteiger partial charge >= 0.3 is 0 Å². The highest BCUT2D eigenvalue weighted by Gasteiger charge is 2.11. The van der Waals surface area contributed by atoms with Gasteiger partial charge in [0.25, 0.3) is 11.3 Å². The lowest BCUT2D eigenvalue weighted by Crippen LogP contribution is -2.14. The second-order valence-electron chi connectivity index (χ2n) is 4.65. The first-order valence-corrected chi connectivity index (χ1v) is 8.10. The van der Waals surface area contributed by atoms with E-state index in [1.165, 1.54) is 16.3 Å². The first kappa shape index (κ1) is 16.0. The Hall–Kier alpha value is -2.88. The van der Waals surface area contributed by atoms with Crippen LogP contribution in [0, 0.1) is 0 Å². The molecule has 1 amide bonds. The Morgan fingerprint density at radius 2 is 2.12 bits per heavy atom. The van der Waals surface area contributed by atoms with Crippen LogP contribution >= 0.6 is 11.8 Å². The van der Waals surface area contributed by atoms with Crippen LogP contribution in [0.25, 0.3) is 5.78 Å². The van der Waals surface area contributed by atoms with Crippen molar-refractivity contribution in [3.05, 3.63) is 40.8 Å². The van der Waals surface area contributed by atoms with Crippen LogP contribution in [0.15, 0.2) is 40.4 Å². The van der Waals surface area contributed by atoms with Gasteiger partial charge in [0.1, 0.15) is 11.9 Å². The summed E-state index contributed by atoms with van der Waals surface area (Å²) in [6, 6.07) is 7.12. The lowest BCUT2D eigenvalue weighted by atomic mass is 10.3. The van der Waals surface area contributed by atoms with Crippen LogP contribution < -0.4 is 15.6 Å². The highest BCUT2D eigenvalue weighted by atomic mass is 32.2. The zero-order valence-electron chi connectivity index (χ0n) is 12.7. The van der Waals surface area contributed by atoms with E-state index in [0.29, 0.717) is 17.5 Å². The van der Waals surface area contributed by atoms with Crippen molar-refractivity contribution in [1.29, 1.82) is 0 Å². The standard InChI is InChI=1S/C14H14N6O3S/c1-2-23-10-5-3-9(4-6-10)16-12(22)8-24-14-19-18-13-17-11(21)7-15-20(13)14/h3-7H,2,8H2,1H3,(H,16,22)(H,17,18,21). The van der Waals surface area contributed by atoms with Crippen molar-refractivity contribution in [3.63, 3.8) is 0 Å². The molecular formula is C14H14N6O3S. The molecule has 2 heterocycles. The molecule has 2 aromatic heterocycles. The van der Waals surface area contributed by atoms with Crippen LogP contribution in [0.4, 0.5) is 5.69 Å². The number of thioether (sulfide) groups is 1. The predicted octanol–water partition coefficient (Wildman–Crippen LogP) is 0.942. The number of fused-ring (bicyclic) bond motifs is 1. The maximum Gasteiger partial charge on any atom is 0.271 e. The number of amides is 1. The van der Waals surface area contributed by atoms with Crippen molar-refractivity contribution in [2.45, 2.75) is 12.1 Å². The first-order chi connectivity index (χ1) is 11.7. The number of H-pyrrole nitrogens is 1. The van der Waals surface area contributed by atoms with E-state index in [1.54, 1.807) is 24.3 Å². The third-order valence-corrected chi connectivity index (χ3v) is 3.84. The molecule has 3 aromatic rings. The quantitative estimate of drug-likeness (QED) is 0.638. The Morgan fingerprint density at radius 3 is 2.88 bits per heavy atom. The van der Waals surface area contributed by atoms with Crippen LogP contribution in [0.2, 0.25) is 0 Å². The Bertz CT molecular complexity index is 905. The van der Waals surface area contributed by atoms with E-state index in [-0.39, 0.29) is 23.0 Å². The number of carbonyl (C=O) groups excluding carboxylic acids is 1. The van der Waals surface area contributed by atoms with Crippen molar-refractivity contribution in [2.75, 3.05) is 17.7 Å². The van der Waals surface area contributed by atoms with Gasteiger partial charge < -0.3 is 10.1 Å². The summed E-state index contributed by atoms with van der Waals surface area (Å²) in [4.78, 5) is 25.7. The number of carbonyl (C=O) groups is 1. The number of nitrogens with zero attached hydrogens (tertiary/aromatic N) is 4. The third kappa shape index (κ3) is 3.71. The number of benzene rings is 1. The molecular weight excluding hydrogens is 332 g/mol. The summed E-state index contributed by atoms with van der Waals surface area (Å²) in [6.45, 7) is 2.50. The molecule has 0 saturated carbocycles. The number of aromatic amines is 1. The van der Waals surface area contributed by atoms with Gasteiger partial charge in [0.15, 0.2) is 0 Å². The van der Waals surface area contributed by atoms with Gasteiger partial charge in [0, 0.05) is 5.69 Å². The number of anilines is 1. The predicted molar refractivity (Wildman–Crippen MR) is 88.4 cm³/mol. The molecule has 0 saturated heterocycles. The molecule has 10 heteroatoms. The van der Waals surface area contributed by atoms with Crippen LogP contribution in [-0.2, 0) is 4.79 Å². The molecule has 0 aliphatic carbocycles. The molecule has 0 radical (unpaired) electrons. The summed E-state index contributed by atoms with van der Waals surface area (Å²) in [5.74, 6) is 0.927. The molecule has 2 N–H and O–H groups in total. The smallest absolute Gasteiger partial charge is 0.271 e. The number of hydrogen-bond donors (Lipinski definition) is 2. The SMILES string of the molecule is CCOc1ccc(NC(=O)CSc2nnc3[nH]c(=O)cnn23)cc1. The Morgan fingerprint density at radius 1 is 1.33 bits per heavy atom. The van der Waals surface area contributed by atoms with E-state index in [1.807, 2.05) is 6.92 Å². The maximum absolute atomic E-state index is 12.0. The summed E-state index contributed by atoms with van der Waals surface area (Å²) in [5, 5.41) is 14.8. The van der Waals surface area contributed by atoms with E-state index >= 15 is 0 Å². The molecule has 0 spiro atoms. The number of nitrogens with one attached hydrogen (secondary N) is 2. The summed E-state index contributed by atoms with van der Waals surface area (Å²) in [5.41, 5.74) is 0.317. The first-order valence-electron chi connectivity index (χ1n) is 7.12. The molecule has 0 atom stereocenters. The van der Waals surface area contributed by atoms with E-state index < -0.39 is 0 Å². The van der Waals surface area contributed by atoms with Crippen molar-refractivity contribution in [3.8, 4) is 5.75 Å². The van der Waals surface area contributed by atoms with Crippen LogP contribution in [0.3, 0.4) is 0 Å². The molecule has 124 valence electrons. The molecule has 0 aliphatic rings. The highest BCUT2D eigenvalue weighted by Crippen LogP contribution is 2.17. The third-order valence-electron chi connectivity index (χ3n) is 2.92. The molecule has 0 fully saturated rings. The monoisotopic (exact) mass is 346 g/mol. The summed E-state index contributed by atoms with van der Waals surface area (Å²) >= 11 is 1.17. The average Bonchev–Trinajstić information content (AvgIpc) is 2.97. The van der Waals surface area contributed by atoms with Gasteiger partial charge in [-0.1, -0.05) is 11.8 Å². The lowest BCUT2D eigenvalue weighted by Gasteiger charge is -2.06. The van der Waals surface area contributed by atoms with Gasteiger partial charge in [-0.3, -0.25) is 14.6 Å². The fourth-order valence-electron chi connectivity index (χ4n) is 1.92. The largest absolute Gasteiger partial charge is 0.494 e. The van der Waals surface area contributed by atoms with E-state index in [0.717, 1.165) is 11.9 Å². The minimum absolute atomic E-state index is 0.134. The molecule has 3 rings (SSSR count). The van der Waals surface area contributed by atoms with Crippen LogP contribution in [0.5, 0.6) is 5.75 Å². The van der Waals surface area contributed by atoms with Crippen molar-refractivity contribution < 1.29 is 9.53 Å². The number of ether oxygens (including phenoxy) is 1. The highest BCUT2D eigenvalue weighted by molar-refractivity contribution is 7.99. The van der Waals surface area contributed by atoms with Gasteiger partial charge in [-0.05, 0) is 31.2 Å². The van der Waals surface area contributed by atoms with Crippen molar-refractivity contribution in [2.24, 2.45) is 0 Å². The molecule has 1 aromatic carbocycles.